The van der Waals surface area contributed by atoms with Crippen molar-refractivity contribution in [3.8, 4) is 11.8 Å². The smallest absolute Gasteiger partial charge is 0.308 e. The van der Waals surface area contributed by atoms with Gasteiger partial charge in [-0.15, -0.1) is 0 Å². The molecule has 1 aromatic heterocycles. The fourth-order valence-electron chi connectivity index (χ4n) is 3.06. The van der Waals surface area contributed by atoms with E-state index >= 15 is 0 Å². The van der Waals surface area contributed by atoms with Crippen molar-refractivity contribution in [2.75, 3.05) is 22.8 Å². The van der Waals surface area contributed by atoms with Crippen LogP contribution in [0.3, 0.4) is 0 Å². The summed E-state index contributed by atoms with van der Waals surface area (Å²) >= 11 is 0. The summed E-state index contributed by atoms with van der Waals surface area (Å²) in [5, 5.41) is 9.46. The van der Waals surface area contributed by atoms with Gasteiger partial charge in [0.1, 0.15) is 31.4 Å². The molecule has 0 fully saturated rings. The van der Waals surface area contributed by atoms with Crippen LogP contribution in [-0.4, -0.2) is 26.6 Å². The minimum Gasteiger partial charge on any atom is -0.489 e. The van der Waals surface area contributed by atoms with Crippen molar-refractivity contribution < 1.29 is 22.0 Å². The van der Waals surface area contributed by atoms with Gasteiger partial charge in [0, 0.05) is 6.07 Å². The number of nitriles is 1. The van der Waals surface area contributed by atoms with Crippen LogP contribution in [0.2, 0.25) is 0 Å². The van der Waals surface area contributed by atoms with Gasteiger partial charge in [-0.25, -0.2) is 22.5 Å². The Balaban J connectivity index is 1.70. The van der Waals surface area contributed by atoms with Gasteiger partial charge in [0.2, 0.25) is 0 Å². The quantitative estimate of drug-likeness (QED) is 0.682. The van der Waals surface area contributed by atoms with Gasteiger partial charge >= 0.3 is 6.01 Å². The fraction of sp³-hybridized carbons (Fsp3) is 0.158. The maximum Gasteiger partial charge on any atom is 0.308 e. The Hall–Kier alpha value is -3.58. The van der Waals surface area contributed by atoms with Crippen LogP contribution in [0.1, 0.15) is 11.1 Å². The van der Waals surface area contributed by atoms with Crippen LogP contribution in [-0.2, 0) is 16.7 Å². The molecule has 10 heteroatoms. The molecule has 0 aliphatic carbocycles. The molecule has 2 aromatic carbocycles. The topological polar surface area (TPSA) is 108 Å². The molecule has 0 saturated carbocycles. The van der Waals surface area contributed by atoms with Gasteiger partial charge in [0.25, 0.3) is 10.0 Å². The highest BCUT2D eigenvalue weighted by molar-refractivity contribution is 7.92. The summed E-state index contributed by atoms with van der Waals surface area (Å²) in [6, 6.07) is 11.2. The lowest BCUT2D eigenvalue weighted by Gasteiger charge is -2.32. The predicted molar refractivity (Wildman–Crippen MR) is 102 cm³/mol. The van der Waals surface area contributed by atoms with E-state index in [0.29, 0.717) is 41.4 Å². The molecule has 8 nitrogen and oxygen atoms in total. The fourth-order valence-corrected chi connectivity index (χ4v) is 4.01. The van der Waals surface area contributed by atoms with Crippen molar-refractivity contribution in [2.24, 2.45) is 0 Å². The molecule has 1 aliphatic heterocycles. The second-order valence-corrected chi connectivity index (χ2v) is 7.85. The Bertz CT molecular complexity index is 1190. The van der Waals surface area contributed by atoms with Crippen molar-refractivity contribution in [1.29, 1.82) is 5.26 Å². The number of fused-ring (bicyclic) bond motifs is 1. The highest BCUT2D eigenvalue weighted by Gasteiger charge is 2.25. The van der Waals surface area contributed by atoms with E-state index in [1.807, 2.05) is 4.90 Å². The van der Waals surface area contributed by atoms with E-state index in [1.165, 1.54) is 30.7 Å². The van der Waals surface area contributed by atoms with E-state index in [0.717, 1.165) is 0 Å². The number of aromatic nitrogens is 1. The van der Waals surface area contributed by atoms with Crippen LogP contribution in [0, 0.1) is 11.3 Å². The Morgan fingerprint density at radius 3 is 2.79 bits per heavy atom. The van der Waals surface area contributed by atoms with E-state index in [4.69, 9.17) is 9.15 Å². The predicted octanol–water partition coefficient (Wildman–Crippen LogP) is 3.35. The third-order valence-electron chi connectivity index (χ3n) is 4.39. The van der Waals surface area contributed by atoms with Crippen molar-refractivity contribution in [2.45, 2.75) is 11.6 Å². The number of oxazole rings is 1. The van der Waals surface area contributed by atoms with E-state index in [2.05, 4.69) is 15.8 Å². The molecule has 0 saturated heterocycles. The largest absolute Gasteiger partial charge is 0.489 e. The number of nitrogens with zero attached hydrogens (tertiary/aromatic N) is 3. The molecule has 0 unspecified atom stereocenters. The first-order valence-corrected chi connectivity index (χ1v) is 10.1. The van der Waals surface area contributed by atoms with Crippen molar-refractivity contribution in [3.63, 3.8) is 0 Å². The molecule has 0 atom stereocenters. The molecule has 0 radical (unpaired) electrons. The number of sulfonamides is 1. The molecule has 2 heterocycles. The van der Waals surface area contributed by atoms with E-state index in [9.17, 15) is 18.1 Å². The van der Waals surface area contributed by atoms with Gasteiger partial charge in [0.15, 0.2) is 0 Å². The normalized spacial score (nSPS) is 13.3. The monoisotopic (exact) mass is 414 g/mol. The molecule has 1 N–H and O–H groups in total. The summed E-state index contributed by atoms with van der Waals surface area (Å²) < 4.78 is 50.8. The highest BCUT2D eigenvalue weighted by atomic mass is 32.2. The van der Waals surface area contributed by atoms with E-state index < -0.39 is 16.7 Å². The Kier molecular flexibility index (Phi) is 4.82. The minimum absolute atomic E-state index is 0.0235. The first-order valence-electron chi connectivity index (χ1n) is 8.57. The maximum absolute atomic E-state index is 12.9. The van der Waals surface area contributed by atoms with Crippen LogP contribution in [0.5, 0.6) is 5.75 Å². The molecule has 3 aromatic rings. The number of nitrogens with one attached hydrogen (secondary N) is 1. The molecule has 0 amide bonds. The Labute approximate surface area is 166 Å². The number of hydrogen-bond donors (Lipinski definition) is 1. The van der Waals surface area contributed by atoms with Gasteiger partial charge in [-0.3, -0.25) is 0 Å². The minimum atomic E-state index is -3.92. The van der Waals surface area contributed by atoms with Gasteiger partial charge in [-0.2, -0.15) is 5.26 Å². The van der Waals surface area contributed by atoms with Crippen LogP contribution < -0.4 is 14.4 Å². The molecule has 1 aliphatic rings. The number of ether oxygens (including phenoxy) is 1. The zero-order valence-electron chi connectivity index (χ0n) is 15.0. The van der Waals surface area contributed by atoms with Crippen LogP contribution in [0.25, 0.3) is 0 Å². The number of hydrogen-bond acceptors (Lipinski definition) is 7. The van der Waals surface area contributed by atoms with E-state index in [-0.39, 0.29) is 10.9 Å². The molecular weight excluding hydrogens is 399 g/mol. The third-order valence-corrected chi connectivity index (χ3v) is 5.70. The number of alkyl halides is 1. The standard InChI is InChI=1S/C19H15FN4O4S/c20-11-13-1-3-16(14(9-13)12-21)24-6-8-27-18-10-15(2-4-17(18)24)29(25,26)23-19-22-5-7-28-19/h1-5,7,9-10H,6,8,11H2,(H,22,23). The van der Waals surface area contributed by atoms with Crippen molar-refractivity contribution >= 4 is 27.4 Å². The summed E-state index contributed by atoms with van der Waals surface area (Å²) in [5.74, 6) is 0.352. The van der Waals surface area contributed by atoms with Crippen molar-refractivity contribution in [3.05, 3.63) is 60.0 Å². The lowest BCUT2D eigenvalue weighted by atomic mass is 10.1. The summed E-state index contributed by atoms with van der Waals surface area (Å²) in [5.41, 5.74) is 1.95. The van der Waals surface area contributed by atoms with Crippen LogP contribution in [0.15, 0.2) is 58.2 Å². The van der Waals surface area contributed by atoms with Gasteiger partial charge in [0.05, 0.1) is 34.6 Å². The molecular formula is C19H15FN4O4S. The number of halogens is 1. The summed E-state index contributed by atoms with van der Waals surface area (Å²) in [4.78, 5) is 5.57. The van der Waals surface area contributed by atoms with Gasteiger partial charge < -0.3 is 14.1 Å². The molecule has 29 heavy (non-hydrogen) atoms. The lowest BCUT2D eigenvalue weighted by molar-refractivity contribution is 0.313. The zero-order chi connectivity index (χ0) is 20.4. The average Bonchev–Trinajstić information content (AvgIpc) is 3.24. The summed E-state index contributed by atoms with van der Waals surface area (Å²) in [6.07, 6.45) is 2.58. The third kappa shape index (κ3) is 3.60. The van der Waals surface area contributed by atoms with Crippen LogP contribution in [0.4, 0.5) is 21.8 Å². The highest BCUT2D eigenvalue weighted by Crippen LogP contribution is 2.39. The summed E-state index contributed by atoms with van der Waals surface area (Å²) in [7, 11) is -3.92. The van der Waals surface area contributed by atoms with Crippen LogP contribution >= 0.6 is 0 Å². The van der Waals surface area contributed by atoms with E-state index in [1.54, 1.807) is 18.2 Å². The Morgan fingerprint density at radius 2 is 2.07 bits per heavy atom. The second-order valence-electron chi connectivity index (χ2n) is 6.17. The first-order chi connectivity index (χ1) is 14.0. The SMILES string of the molecule is N#Cc1cc(CF)ccc1N1CCOc2cc(S(=O)(=O)Nc3ncco3)ccc21. The molecule has 0 bridgehead atoms. The number of anilines is 3. The zero-order valence-corrected chi connectivity index (χ0v) is 15.8. The van der Waals surface area contributed by atoms with Crippen molar-refractivity contribution in [1.82, 2.24) is 4.98 Å². The van der Waals surface area contributed by atoms with Gasteiger partial charge in [-0.05, 0) is 29.8 Å². The molecule has 4 rings (SSSR count). The lowest BCUT2D eigenvalue weighted by Crippen LogP contribution is -2.29. The average molecular weight is 414 g/mol. The summed E-state index contributed by atoms with van der Waals surface area (Å²) in [6.45, 7) is 0.0874. The maximum atomic E-state index is 12.9. The molecule has 148 valence electrons. The second kappa shape index (κ2) is 7.44. The van der Waals surface area contributed by atoms with Gasteiger partial charge in [-0.1, -0.05) is 6.07 Å². The Morgan fingerprint density at radius 1 is 1.24 bits per heavy atom. The first kappa shape index (κ1) is 18.8. The molecule has 0 spiro atoms. The number of rotatable bonds is 5. The number of benzene rings is 2.